The van der Waals surface area contributed by atoms with Crippen LogP contribution >= 0.6 is 11.6 Å². The molecule has 2 N–H and O–H groups in total. The predicted molar refractivity (Wildman–Crippen MR) is 63.0 cm³/mol. The Morgan fingerprint density at radius 1 is 1.53 bits per heavy atom. The molecule has 0 saturated carbocycles. The number of nitrogens with one attached hydrogen (secondary N) is 2. The lowest BCUT2D eigenvalue weighted by Crippen LogP contribution is -2.18. The van der Waals surface area contributed by atoms with E-state index < -0.39 is 5.82 Å². The van der Waals surface area contributed by atoms with E-state index in [-0.39, 0.29) is 11.1 Å². The Bertz CT molecular complexity index is 486. The highest BCUT2D eigenvalue weighted by atomic mass is 35.5. The van der Waals surface area contributed by atoms with E-state index in [1.54, 1.807) is 12.1 Å². The van der Waals surface area contributed by atoms with Gasteiger partial charge in [-0.2, -0.15) is 5.10 Å². The van der Waals surface area contributed by atoms with Crippen LogP contribution < -0.4 is 5.32 Å². The molecule has 6 heteroatoms. The Morgan fingerprint density at radius 3 is 3.00 bits per heavy atom. The van der Waals surface area contributed by atoms with E-state index in [1.165, 1.54) is 12.4 Å². The fourth-order valence-corrected chi connectivity index (χ4v) is 1.65. The first-order valence-electron chi connectivity index (χ1n) is 5.19. The minimum absolute atomic E-state index is 0.0539. The van der Waals surface area contributed by atoms with Crippen LogP contribution in [-0.4, -0.2) is 15.2 Å². The van der Waals surface area contributed by atoms with E-state index in [1.807, 2.05) is 6.92 Å². The number of hydrogen-bond donors (Lipinski definition) is 2. The number of rotatable bonds is 4. The molecule has 0 aliphatic heterocycles. The summed E-state index contributed by atoms with van der Waals surface area (Å²) in [4.78, 5) is 4.00. The number of aromatic amines is 1. The fourth-order valence-electron chi connectivity index (χ4n) is 1.47. The second-order valence-corrected chi connectivity index (χ2v) is 4.12. The fraction of sp³-hybridized carbons (Fsp3) is 0.273. The molecule has 17 heavy (non-hydrogen) atoms. The molecule has 1 aromatic heterocycles. The average molecular weight is 255 g/mol. The van der Waals surface area contributed by atoms with Gasteiger partial charge in [0.15, 0.2) is 0 Å². The molecule has 1 heterocycles. The van der Waals surface area contributed by atoms with Crippen molar-refractivity contribution >= 4 is 11.6 Å². The van der Waals surface area contributed by atoms with E-state index in [4.69, 9.17) is 11.6 Å². The van der Waals surface area contributed by atoms with Crippen LogP contribution in [0.2, 0.25) is 5.02 Å². The van der Waals surface area contributed by atoms with Gasteiger partial charge in [0.05, 0.1) is 11.6 Å². The molecule has 0 radical (unpaired) electrons. The van der Waals surface area contributed by atoms with Crippen LogP contribution in [0.4, 0.5) is 4.39 Å². The molecule has 0 fully saturated rings. The maximum absolute atomic E-state index is 13.0. The molecule has 90 valence electrons. The lowest BCUT2D eigenvalue weighted by Gasteiger charge is -2.13. The zero-order valence-corrected chi connectivity index (χ0v) is 10.0. The first kappa shape index (κ1) is 12.0. The van der Waals surface area contributed by atoms with E-state index in [0.717, 1.165) is 11.4 Å². The molecule has 1 atom stereocenters. The summed E-state index contributed by atoms with van der Waals surface area (Å²) < 4.78 is 13.0. The second-order valence-electron chi connectivity index (χ2n) is 3.71. The number of hydrogen-bond acceptors (Lipinski definition) is 3. The highest BCUT2D eigenvalue weighted by Crippen LogP contribution is 2.20. The Morgan fingerprint density at radius 2 is 2.35 bits per heavy atom. The van der Waals surface area contributed by atoms with Gasteiger partial charge in [-0.1, -0.05) is 17.7 Å². The van der Waals surface area contributed by atoms with Gasteiger partial charge in [0.2, 0.25) is 0 Å². The van der Waals surface area contributed by atoms with Crippen LogP contribution in [0.1, 0.15) is 24.4 Å². The van der Waals surface area contributed by atoms with E-state index in [2.05, 4.69) is 20.5 Å². The third kappa shape index (κ3) is 3.01. The SMILES string of the molecule is CC(NCc1ncn[nH]1)c1ccc(F)c(Cl)c1. The zero-order chi connectivity index (χ0) is 12.3. The highest BCUT2D eigenvalue weighted by Gasteiger charge is 2.08. The Hall–Kier alpha value is -1.46. The topological polar surface area (TPSA) is 53.6 Å². The largest absolute Gasteiger partial charge is 0.303 e. The number of aromatic nitrogens is 3. The lowest BCUT2D eigenvalue weighted by molar-refractivity contribution is 0.557. The molecule has 0 bridgehead atoms. The van der Waals surface area contributed by atoms with Gasteiger partial charge in [0.1, 0.15) is 18.0 Å². The van der Waals surface area contributed by atoms with Gasteiger partial charge in [0.25, 0.3) is 0 Å². The number of halogens is 2. The van der Waals surface area contributed by atoms with E-state index in [9.17, 15) is 4.39 Å². The summed E-state index contributed by atoms with van der Waals surface area (Å²) in [6.45, 7) is 2.54. The van der Waals surface area contributed by atoms with Crippen molar-refractivity contribution < 1.29 is 4.39 Å². The van der Waals surface area contributed by atoms with Crippen molar-refractivity contribution in [2.45, 2.75) is 19.5 Å². The van der Waals surface area contributed by atoms with E-state index in [0.29, 0.717) is 6.54 Å². The van der Waals surface area contributed by atoms with Crippen LogP contribution in [0.25, 0.3) is 0 Å². The first-order chi connectivity index (χ1) is 8.16. The normalized spacial score (nSPS) is 12.6. The molecular formula is C11H12ClFN4. The van der Waals surface area contributed by atoms with E-state index >= 15 is 0 Å². The van der Waals surface area contributed by atoms with Gasteiger partial charge >= 0.3 is 0 Å². The Balaban J connectivity index is 1.99. The van der Waals surface area contributed by atoms with Crippen molar-refractivity contribution in [1.82, 2.24) is 20.5 Å². The average Bonchev–Trinajstić information content (AvgIpc) is 2.82. The highest BCUT2D eigenvalue weighted by molar-refractivity contribution is 6.30. The van der Waals surface area contributed by atoms with Crippen LogP contribution in [-0.2, 0) is 6.54 Å². The minimum atomic E-state index is -0.405. The molecule has 0 aliphatic rings. The number of benzene rings is 1. The molecule has 0 aliphatic carbocycles. The zero-order valence-electron chi connectivity index (χ0n) is 9.24. The maximum Gasteiger partial charge on any atom is 0.141 e. The number of H-pyrrole nitrogens is 1. The monoisotopic (exact) mass is 254 g/mol. The minimum Gasteiger partial charge on any atom is -0.303 e. The molecule has 1 unspecified atom stereocenters. The molecule has 4 nitrogen and oxygen atoms in total. The summed E-state index contributed by atoms with van der Waals surface area (Å²) in [6.07, 6.45) is 1.45. The molecule has 2 aromatic rings. The van der Waals surface area contributed by atoms with Crippen molar-refractivity contribution in [2.24, 2.45) is 0 Å². The van der Waals surface area contributed by atoms with Gasteiger partial charge in [0, 0.05) is 6.04 Å². The smallest absolute Gasteiger partial charge is 0.141 e. The summed E-state index contributed by atoms with van der Waals surface area (Å²) >= 11 is 5.73. The molecule has 1 aromatic carbocycles. The molecule has 0 amide bonds. The lowest BCUT2D eigenvalue weighted by atomic mass is 10.1. The standard InChI is InChI=1S/C11H12ClFN4/c1-7(14-5-11-15-6-16-17-11)8-2-3-10(13)9(12)4-8/h2-4,6-7,14H,5H2,1H3,(H,15,16,17). The van der Waals surface area contributed by atoms with Crippen LogP contribution in [0.15, 0.2) is 24.5 Å². The summed E-state index contributed by atoms with van der Waals surface area (Å²) in [5.74, 6) is 0.350. The van der Waals surface area contributed by atoms with Gasteiger partial charge in [-0.15, -0.1) is 0 Å². The van der Waals surface area contributed by atoms with Gasteiger partial charge in [-0.3, -0.25) is 5.10 Å². The van der Waals surface area contributed by atoms with Crippen LogP contribution in [0.5, 0.6) is 0 Å². The molecule has 0 spiro atoms. The first-order valence-corrected chi connectivity index (χ1v) is 5.57. The molecule has 0 saturated heterocycles. The third-order valence-electron chi connectivity index (χ3n) is 2.48. The third-order valence-corrected chi connectivity index (χ3v) is 2.77. The van der Waals surface area contributed by atoms with Gasteiger partial charge in [-0.05, 0) is 24.6 Å². The Kier molecular flexibility index (Phi) is 3.71. The molecular weight excluding hydrogens is 243 g/mol. The summed E-state index contributed by atoms with van der Waals surface area (Å²) in [5, 5.41) is 9.87. The summed E-state index contributed by atoms with van der Waals surface area (Å²) in [5.41, 5.74) is 0.927. The van der Waals surface area contributed by atoms with Crippen LogP contribution in [0, 0.1) is 5.82 Å². The second kappa shape index (κ2) is 5.25. The van der Waals surface area contributed by atoms with Crippen molar-refractivity contribution in [3.63, 3.8) is 0 Å². The van der Waals surface area contributed by atoms with Gasteiger partial charge < -0.3 is 5.32 Å². The maximum atomic E-state index is 13.0. The van der Waals surface area contributed by atoms with Crippen LogP contribution in [0.3, 0.4) is 0 Å². The van der Waals surface area contributed by atoms with Crippen molar-refractivity contribution in [3.8, 4) is 0 Å². The quantitative estimate of drug-likeness (QED) is 0.881. The predicted octanol–water partition coefficient (Wildman–Crippen LogP) is 2.45. The van der Waals surface area contributed by atoms with Crippen molar-refractivity contribution in [1.29, 1.82) is 0 Å². The van der Waals surface area contributed by atoms with Gasteiger partial charge in [-0.25, -0.2) is 9.37 Å². The van der Waals surface area contributed by atoms with Crippen molar-refractivity contribution in [2.75, 3.05) is 0 Å². The Labute approximate surface area is 103 Å². The van der Waals surface area contributed by atoms with Crippen molar-refractivity contribution in [3.05, 3.63) is 46.8 Å². The molecule has 2 rings (SSSR count). The summed E-state index contributed by atoms with van der Waals surface area (Å²) in [6, 6.07) is 4.75. The summed E-state index contributed by atoms with van der Waals surface area (Å²) in [7, 11) is 0. The number of nitrogens with zero attached hydrogens (tertiary/aromatic N) is 2.